The molecule has 0 aliphatic carbocycles. The zero-order chi connectivity index (χ0) is 12.3. The van der Waals surface area contributed by atoms with Crippen molar-refractivity contribution in [3.63, 3.8) is 0 Å². The molecule has 2 rings (SSSR count). The van der Waals surface area contributed by atoms with Gasteiger partial charge in [0, 0.05) is 6.54 Å². The molecule has 1 aliphatic rings. The van der Waals surface area contributed by atoms with Gasteiger partial charge >= 0.3 is 6.18 Å². The molecule has 2 nitrogen and oxygen atoms in total. The minimum atomic E-state index is -4.28. The van der Waals surface area contributed by atoms with E-state index in [4.69, 9.17) is 4.74 Å². The van der Waals surface area contributed by atoms with Gasteiger partial charge in [-0.05, 0) is 42.6 Å². The highest BCUT2D eigenvalue weighted by atomic mass is 19.4. The van der Waals surface area contributed by atoms with E-state index in [0.29, 0.717) is 5.75 Å². The topological polar surface area (TPSA) is 21.3 Å². The highest BCUT2D eigenvalue weighted by molar-refractivity contribution is 5.36. The fourth-order valence-corrected chi connectivity index (χ4v) is 1.89. The van der Waals surface area contributed by atoms with Crippen LogP contribution in [0.3, 0.4) is 0 Å². The minimum absolute atomic E-state index is 0.294. The number of halogens is 3. The Morgan fingerprint density at radius 2 is 2.06 bits per heavy atom. The molecule has 0 radical (unpaired) electrons. The molecule has 94 valence electrons. The third-order valence-corrected chi connectivity index (χ3v) is 2.70. The van der Waals surface area contributed by atoms with Crippen LogP contribution in [0, 0.1) is 0 Å². The van der Waals surface area contributed by atoms with Gasteiger partial charge in [-0.15, -0.1) is 0 Å². The predicted molar refractivity (Wildman–Crippen MR) is 58.0 cm³/mol. The fraction of sp³-hybridized carbons (Fsp3) is 0.500. The molecule has 1 aromatic rings. The molecular weight excluding hydrogens is 231 g/mol. The zero-order valence-electron chi connectivity index (χ0n) is 9.31. The molecule has 0 spiro atoms. The van der Waals surface area contributed by atoms with E-state index in [2.05, 4.69) is 5.32 Å². The van der Waals surface area contributed by atoms with E-state index >= 15 is 0 Å². The van der Waals surface area contributed by atoms with Crippen LogP contribution < -0.4 is 10.1 Å². The number of alkyl halides is 3. The molecule has 1 N–H and O–H groups in total. The second-order valence-electron chi connectivity index (χ2n) is 4.11. The fourth-order valence-electron chi connectivity index (χ4n) is 1.89. The maximum atomic E-state index is 12.0. The van der Waals surface area contributed by atoms with Crippen LogP contribution in [0.4, 0.5) is 13.2 Å². The Balaban J connectivity index is 2.07. The van der Waals surface area contributed by atoms with Crippen LogP contribution >= 0.6 is 0 Å². The van der Waals surface area contributed by atoms with E-state index in [-0.39, 0.29) is 0 Å². The lowest BCUT2D eigenvalue weighted by Gasteiger charge is -2.11. The van der Waals surface area contributed by atoms with Crippen molar-refractivity contribution in [2.45, 2.75) is 25.6 Å². The maximum absolute atomic E-state index is 12.0. The van der Waals surface area contributed by atoms with Gasteiger partial charge in [0.1, 0.15) is 5.75 Å². The van der Waals surface area contributed by atoms with Crippen molar-refractivity contribution in [3.05, 3.63) is 29.3 Å². The van der Waals surface area contributed by atoms with Crippen LogP contribution in [0.2, 0.25) is 0 Å². The third-order valence-electron chi connectivity index (χ3n) is 2.70. The Bertz CT molecular complexity index is 390. The number of hydrogen-bond donors (Lipinski definition) is 1. The molecule has 0 saturated carbocycles. The van der Waals surface area contributed by atoms with Crippen LogP contribution in [0.25, 0.3) is 0 Å². The molecule has 0 bridgehead atoms. The van der Waals surface area contributed by atoms with Crippen LogP contribution in [0.15, 0.2) is 18.2 Å². The van der Waals surface area contributed by atoms with E-state index < -0.39 is 12.8 Å². The van der Waals surface area contributed by atoms with Gasteiger partial charge < -0.3 is 10.1 Å². The number of rotatable bonds is 2. The Hall–Kier alpha value is -1.23. The molecule has 0 unspecified atom stereocenters. The summed E-state index contributed by atoms with van der Waals surface area (Å²) in [4.78, 5) is 0. The number of aryl methyl sites for hydroxylation is 1. The summed E-state index contributed by atoms with van der Waals surface area (Å²) in [5.41, 5.74) is 2.22. The lowest BCUT2D eigenvalue weighted by molar-refractivity contribution is -0.153. The van der Waals surface area contributed by atoms with Gasteiger partial charge in [0.05, 0.1) is 0 Å². The van der Waals surface area contributed by atoms with Crippen LogP contribution in [-0.4, -0.2) is 19.3 Å². The smallest absolute Gasteiger partial charge is 0.422 e. The predicted octanol–water partition coefficient (Wildman–Crippen LogP) is 2.66. The molecular formula is C12H14F3NO. The lowest BCUT2D eigenvalue weighted by Crippen LogP contribution is -2.19. The Morgan fingerprint density at radius 3 is 2.82 bits per heavy atom. The molecule has 0 aromatic heterocycles. The van der Waals surface area contributed by atoms with Gasteiger partial charge in [-0.25, -0.2) is 0 Å². The summed E-state index contributed by atoms with van der Waals surface area (Å²) in [6.07, 6.45) is -2.41. The normalized spacial score (nSPS) is 16.2. The van der Waals surface area contributed by atoms with Crippen LogP contribution in [-0.2, 0) is 13.0 Å². The summed E-state index contributed by atoms with van der Waals surface area (Å²) in [5.74, 6) is 0.294. The van der Waals surface area contributed by atoms with Crippen molar-refractivity contribution >= 4 is 0 Å². The number of hydrogen-bond acceptors (Lipinski definition) is 2. The van der Waals surface area contributed by atoms with E-state index in [1.165, 1.54) is 0 Å². The number of fused-ring (bicyclic) bond motifs is 1. The first kappa shape index (κ1) is 12.2. The summed E-state index contributed by atoms with van der Waals surface area (Å²) < 4.78 is 40.8. The summed E-state index contributed by atoms with van der Waals surface area (Å²) in [5, 5.41) is 3.26. The van der Waals surface area contributed by atoms with Gasteiger partial charge in [-0.2, -0.15) is 13.2 Å². The number of benzene rings is 1. The highest BCUT2D eigenvalue weighted by Gasteiger charge is 2.28. The maximum Gasteiger partial charge on any atom is 0.422 e. The second kappa shape index (κ2) is 4.96. The van der Waals surface area contributed by atoms with E-state index in [1.54, 1.807) is 12.1 Å². The molecule has 1 aromatic carbocycles. The Morgan fingerprint density at radius 1 is 1.24 bits per heavy atom. The Labute approximate surface area is 97.8 Å². The standard InChI is InChI=1S/C12H14F3NO/c13-12(14,15)8-17-11-4-3-10-7-16-5-1-2-9(10)6-11/h3-4,6,16H,1-2,5,7-8H2. The summed E-state index contributed by atoms with van der Waals surface area (Å²) in [6.45, 7) is 0.479. The van der Waals surface area contributed by atoms with E-state index in [9.17, 15) is 13.2 Å². The van der Waals surface area contributed by atoms with Crippen LogP contribution in [0.1, 0.15) is 17.5 Å². The van der Waals surface area contributed by atoms with Crippen molar-refractivity contribution < 1.29 is 17.9 Å². The minimum Gasteiger partial charge on any atom is -0.484 e. The summed E-state index contributed by atoms with van der Waals surface area (Å²) in [6, 6.07) is 5.14. The summed E-state index contributed by atoms with van der Waals surface area (Å²) >= 11 is 0. The monoisotopic (exact) mass is 245 g/mol. The van der Waals surface area contributed by atoms with Crippen LogP contribution in [0.5, 0.6) is 5.75 Å². The molecule has 1 aliphatic heterocycles. The highest BCUT2D eigenvalue weighted by Crippen LogP contribution is 2.23. The SMILES string of the molecule is FC(F)(F)COc1ccc2c(c1)CCCNC2. The largest absolute Gasteiger partial charge is 0.484 e. The molecule has 0 saturated heterocycles. The van der Waals surface area contributed by atoms with Gasteiger partial charge in [0.2, 0.25) is 0 Å². The van der Waals surface area contributed by atoms with Crippen molar-refractivity contribution in [1.82, 2.24) is 5.32 Å². The molecule has 0 fully saturated rings. The first-order chi connectivity index (χ1) is 8.04. The van der Waals surface area contributed by atoms with E-state index in [1.807, 2.05) is 6.07 Å². The van der Waals surface area contributed by atoms with Crippen molar-refractivity contribution in [1.29, 1.82) is 0 Å². The zero-order valence-corrected chi connectivity index (χ0v) is 9.31. The van der Waals surface area contributed by atoms with Gasteiger partial charge in [0.25, 0.3) is 0 Å². The number of ether oxygens (including phenoxy) is 1. The van der Waals surface area contributed by atoms with Crippen molar-refractivity contribution in [2.75, 3.05) is 13.2 Å². The lowest BCUT2D eigenvalue weighted by atomic mass is 10.0. The molecule has 0 amide bonds. The quantitative estimate of drug-likeness (QED) is 0.865. The average Bonchev–Trinajstić information content (AvgIpc) is 2.49. The van der Waals surface area contributed by atoms with Gasteiger partial charge in [0.15, 0.2) is 6.61 Å². The van der Waals surface area contributed by atoms with Crippen molar-refractivity contribution in [3.8, 4) is 5.75 Å². The summed E-state index contributed by atoms with van der Waals surface area (Å²) in [7, 11) is 0. The van der Waals surface area contributed by atoms with E-state index in [0.717, 1.165) is 37.1 Å². The molecule has 1 heterocycles. The number of nitrogens with one attached hydrogen (secondary N) is 1. The van der Waals surface area contributed by atoms with Gasteiger partial charge in [-0.3, -0.25) is 0 Å². The second-order valence-corrected chi connectivity index (χ2v) is 4.11. The molecule has 0 atom stereocenters. The third kappa shape index (κ3) is 3.63. The molecule has 5 heteroatoms. The van der Waals surface area contributed by atoms with Crippen molar-refractivity contribution in [2.24, 2.45) is 0 Å². The van der Waals surface area contributed by atoms with Gasteiger partial charge in [-0.1, -0.05) is 6.07 Å². The first-order valence-corrected chi connectivity index (χ1v) is 5.57. The first-order valence-electron chi connectivity index (χ1n) is 5.57. The molecule has 17 heavy (non-hydrogen) atoms. The Kier molecular flexibility index (Phi) is 3.57. The average molecular weight is 245 g/mol.